The number of aromatic nitrogens is 2. The van der Waals surface area contributed by atoms with Crippen molar-refractivity contribution in [1.29, 1.82) is 0 Å². The molecule has 5 nitrogen and oxygen atoms in total. The van der Waals surface area contributed by atoms with Gasteiger partial charge in [-0.15, -0.1) is 0 Å². The highest BCUT2D eigenvalue weighted by Crippen LogP contribution is 2.27. The lowest BCUT2D eigenvalue weighted by atomic mass is 10.0. The Kier molecular flexibility index (Phi) is 5.81. The molecule has 1 saturated heterocycles. The first-order chi connectivity index (χ1) is 13.6. The van der Waals surface area contributed by atoms with Gasteiger partial charge in [0.2, 0.25) is 5.91 Å². The third-order valence-corrected chi connectivity index (χ3v) is 6.06. The molecule has 3 heterocycles. The van der Waals surface area contributed by atoms with E-state index in [0.717, 1.165) is 25.9 Å². The molecule has 0 unspecified atom stereocenters. The van der Waals surface area contributed by atoms with Crippen LogP contribution in [0.3, 0.4) is 0 Å². The maximum absolute atomic E-state index is 12.8. The predicted octanol–water partition coefficient (Wildman–Crippen LogP) is 3.58. The van der Waals surface area contributed by atoms with E-state index in [4.69, 9.17) is 5.10 Å². The summed E-state index contributed by atoms with van der Waals surface area (Å²) in [6.45, 7) is 9.22. The molecule has 1 aromatic carbocycles. The third kappa shape index (κ3) is 4.14. The normalized spacial score (nSPS) is 17.3. The van der Waals surface area contributed by atoms with Crippen molar-refractivity contribution in [3.63, 3.8) is 0 Å². The Morgan fingerprint density at radius 1 is 1.11 bits per heavy atom. The molecule has 1 aromatic heterocycles. The molecule has 0 atom stereocenters. The molecule has 28 heavy (non-hydrogen) atoms. The zero-order valence-electron chi connectivity index (χ0n) is 17.2. The van der Waals surface area contributed by atoms with E-state index in [1.807, 2.05) is 23.1 Å². The maximum atomic E-state index is 12.8. The predicted molar refractivity (Wildman–Crippen MR) is 111 cm³/mol. The fourth-order valence-corrected chi connectivity index (χ4v) is 4.49. The fourth-order valence-electron chi connectivity index (χ4n) is 4.49. The Morgan fingerprint density at radius 3 is 2.57 bits per heavy atom. The van der Waals surface area contributed by atoms with E-state index in [1.54, 1.807) is 0 Å². The number of carbonyl (C=O) groups is 1. The standard InChI is InChI=1S/C23H32N4O/c1-18(2)27-22-17-26(23(28)11-10-19-8-4-3-5-9-19)15-12-20(22)21(24-27)16-25-13-6-7-14-25/h3-5,8-9,18H,6-7,10-17H2,1-2H3. The molecule has 2 aliphatic rings. The lowest BCUT2D eigenvalue weighted by Gasteiger charge is -2.29. The van der Waals surface area contributed by atoms with Crippen molar-refractivity contribution in [2.24, 2.45) is 0 Å². The number of fused-ring (bicyclic) bond motifs is 1. The minimum Gasteiger partial charge on any atom is -0.336 e. The molecule has 2 aromatic rings. The topological polar surface area (TPSA) is 41.4 Å². The zero-order valence-corrected chi connectivity index (χ0v) is 17.2. The van der Waals surface area contributed by atoms with Crippen LogP contribution < -0.4 is 0 Å². The zero-order chi connectivity index (χ0) is 19.5. The summed E-state index contributed by atoms with van der Waals surface area (Å²) >= 11 is 0. The van der Waals surface area contributed by atoms with E-state index in [1.165, 1.54) is 48.4 Å². The van der Waals surface area contributed by atoms with Crippen LogP contribution in [-0.2, 0) is 30.7 Å². The van der Waals surface area contributed by atoms with Gasteiger partial charge in [-0.2, -0.15) is 5.10 Å². The van der Waals surface area contributed by atoms with Gasteiger partial charge < -0.3 is 4.90 Å². The van der Waals surface area contributed by atoms with Gasteiger partial charge in [0.15, 0.2) is 0 Å². The van der Waals surface area contributed by atoms with Crippen molar-refractivity contribution < 1.29 is 4.79 Å². The number of likely N-dealkylation sites (tertiary alicyclic amines) is 1. The van der Waals surface area contributed by atoms with E-state index >= 15 is 0 Å². The number of rotatable bonds is 6. The lowest BCUT2D eigenvalue weighted by molar-refractivity contribution is -0.132. The first-order valence-corrected chi connectivity index (χ1v) is 10.7. The van der Waals surface area contributed by atoms with E-state index in [2.05, 4.69) is 35.6 Å². The van der Waals surface area contributed by atoms with Crippen molar-refractivity contribution >= 4 is 5.91 Å². The SMILES string of the molecule is CC(C)n1nc(CN2CCCC2)c2c1CN(C(=O)CCc1ccccc1)CC2. The number of aryl methyl sites for hydroxylation is 1. The molecular weight excluding hydrogens is 348 g/mol. The van der Waals surface area contributed by atoms with Crippen molar-refractivity contribution in [3.05, 3.63) is 52.8 Å². The fraction of sp³-hybridized carbons (Fsp3) is 0.565. The average Bonchev–Trinajstić information content (AvgIpc) is 3.35. The van der Waals surface area contributed by atoms with Gasteiger partial charge in [-0.25, -0.2) is 0 Å². The highest BCUT2D eigenvalue weighted by molar-refractivity contribution is 5.76. The molecule has 5 heteroatoms. The Morgan fingerprint density at radius 2 is 1.86 bits per heavy atom. The number of benzene rings is 1. The minimum absolute atomic E-state index is 0.257. The smallest absolute Gasteiger partial charge is 0.223 e. The van der Waals surface area contributed by atoms with E-state index in [-0.39, 0.29) is 5.91 Å². The molecule has 1 amide bonds. The van der Waals surface area contributed by atoms with Crippen LogP contribution in [0.2, 0.25) is 0 Å². The summed E-state index contributed by atoms with van der Waals surface area (Å²) in [5, 5.41) is 4.98. The summed E-state index contributed by atoms with van der Waals surface area (Å²) in [7, 11) is 0. The maximum Gasteiger partial charge on any atom is 0.223 e. The number of hydrogen-bond donors (Lipinski definition) is 0. The molecule has 0 bridgehead atoms. The van der Waals surface area contributed by atoms with Crippen LogP contribution in [0.4, 0.5) is 0 Å². The molecule has 0 aliphatic carbocycles. The third-order valence-electron chi connectivity index (χ3n) is 6.06. The molecular formula is C23H32N4O. The molecule has 1 fully saturated rings. The second-order valence-corrected chi connectivity index (χ2v) is 8.44. The van der Waals surface area contributed by atoms with Crippen molar-refractivity contribution in [2.75, 3.05) is 19.6 Å². The van der Waals surface area contributed by atoms with Crippen molar-refractivity contribution in [3.8, 4) is 0 Å². The molecule has 150 valence electrons. The second kappa shape index (κ2) is 8.48. The first kappa shape index (κ1) is 19.2. The van der Waals surface area contributed by atoms with Gasteiger partial charge in [0, 0.05) is 31.1 Å². The highest BCUT2D eigenvalue weighted by atomic mass is 16.2. The summed E-state index contributed by atoms with van der Waals surface area (Å²) in [6, 6.07) is 10.6. The summed E-state index contributed by atoms with van der Waals surface area (Å²) in [5.74, 6) is 0.257. The quantitative estimate of drug-likeness (QED) is 0.769. The Labute approximate surface area is 168 Å². The molecule has 2 aliphatic heterocycles. The van der Waals surface area contributed by atoms with Crippen LogP contribution in [0.25, 0.3) is 0 Å². The molecule has 0 N–H and O–H groups in total. The number of carbonyl (C=O) groups excluding carboxylic acids is 1. The number of nitrogens with zero attached hydrogens (tertiary/aromatic N) is 4. The largest absolute Gasteiger partial charge is 0.336 e. The first-order valence-electron chi connectivity index (χ1n) is 10.7. The van der Waals surface area contributed by atoms with Gasteiger partial charge in [-0.05, 0) is 58.2 Å². The number of hydrogen-bond acceptors (Lipinski definition) is 3. The molecule has 0 saturated carbocycles. The molecule has 4 rings (SSSR count). The van der Waals surface area contributed by atoms with Crippen LogP contribution in [0.5, 0.6) is 0 Å². The van der Waals surface area contributed by atoms with Gasteiger partial charge in [-0.3, -0.25) is 14.4 Å². The summed E-state index contributed by atoms with van der Waals surface area (Å²) in [4.78, 5) is 17.4. The number of amides is 1. The Balaban J connectivity index is 1.46. The molecule has 0 radical (unpaired) electrons. The van der Waals surface area contributed by atoms with Crippen LogP contribution in [0, 0.1) is 0 Å². The van der Waals surface area contributed by atoms with Crippen LogP contribution in [0.1, 0.15) is 61.7 Å². The molecule has 0 spiro atoms. The summed E-state index contributed by atoms with van der Waals surface area (Å²) in [5.41, 5.74) is 5.12. The summed E-state index contributed by atoms with van der Waals surface area (Å²) < 4.78 is 2.16. The van der Waals surface area contributed by atoms with Gasteiger partial charge in [0.25, 0.3) is 0 Å². The van der Waals surface area contributed by atoms with E-state index in [0.29, 0.717) is 19.0 Å². The average molecular weight is 381 g/mol. The van der Waals surface area contributed by atoms with Gasteiger partial charge in [0.1, 0.15) is 0 Å². The van der Waals surface area contributed by atoms with Crippen LogP contribution in [0.15, 0.2) is 30.3 Å². The minimum atomic E-state index is 0.257. The van der Waals surface area contributed by atoms with Crippen molar-refractivity contribution in [1.82, 2.24) is 19.6 Å². The van der Waals surface area contributed by atoms with Gasteiger partial charge >= 0.3 is 0 Å². The second-order valence-electron chi connectivity index (χ2n) is 8.44. The van der Waals surface area contributed by atoms with E-state index in [9.17, 15) is 4.79 Å². The monoisotopic (exact) mass is 380 g/mol. The van der Waals surface area contributed by atoms with Crippen molar-refractivity contribution in [2.45, 2.75) is 65.1 Å². The van der Waals surface area contributed by atoms with Crippen LogP contribution >= 0.6 is 0 Å². The highest BCUT2D eigenvalue weighted by Gasteiger charge is 2.29. The van der Waals surface area contributed by atoms with E-state index < -0.39 is 0 Å². The summed E-state index contributed by atoms with van der Waals surface area (Å²) in [6.07, 6.45) is 4.93. The van der Waals surface area contributed by atoms with Crippen LogP contribution in [-0.4, -0.2) is 45.1 Å². The van der Waals surface area contributed by atoms with Gasteiger partial charge in [0.05, 0.1) is 17.9 Å². The Hall–Kier alpha value is -2.14. The van der Waals surface area contributed by atoms with Gasteiger partial charge in [-0.1, -0.05) is 30.3 Å². The Bertz CT molecular complexity index is 806. The lowest BCUT2D eigenvalue weighted by Crippen LogP contribution is -2.37.